The van der Waals surface area contributed by atoms with Crippen LogP contribution >= 0.6 is 0 Å². The molecule has 0 atom stereocenters. The third-order valence-corrected chi connectivity index (χ3v) is 8.15. The van der Waals surface area contributed by atoms with E-state index in [9.17, 15) is 0 Å². The number of aryl methyl sites for hydroxylation is 3. The largest absolute Gasteiger partial charge is 0.354 e. The highest BCUT2D eigenvalue weighted by molar-refractivity contribution is 5.90. The molecule has 1 aromatic carbocycles. The summed E-state index contributed by atoms with van der Waals surface area (Å²) >= 11 is 0. The minimum Gasteiger partial charge on any atom is -0.354 e. The van der Waals surface area contributed by atoms with E-state index in [-0.39, 0.29) is 0 Å². The number of fused-ring (bicyclic) bond motifs is 11. The van der Waals surface area contributed by atoms with Crippen LogP contribution in [0.5, 0.6) is 0 Å². The van der Waals surface area contributed by atoms with Gasteiger partial charge >= 0.3 is 0 Å². The fourth-order valence-corrected chi connectivity index (χ4v) is 6.05. The van der Waals surface area contributed by atoms with Crippen molar-refractivity contribution in [2.24, 2.45) is 0 Å². The van der Waals surface area contributed by atoms with E-state index >= 15 is 0 Å². The molecule has 3 N–H and O–H groups in total. The van der Waals surface area contributed by atoms with Gasteiger partial charge in [0.15, 0.2) is 0 Å². The third kappa shape index (κ3) is 6.05. The Morgan fingerprint density at radius 2 is 1.02 bits per heavy atom. The molecule has 6 heteroatoms. The standard InChI is InChI=1S/C37H42N6/c1-5-11-24-17-32-34-19-26(13-7-3)36(42-34)22-38-28-15-9-10-16-29(28)39-23-37-27(14-8-4)20-35(43-37)33-18-25(12-6-2)31(41-33)21-30(24)40-32/h9-10,15-23,40,42-43H,5-8,11-14H2,1-4H3. The Morgan fingerprint density at radius 1 is 0.535 bits per heavy atom. The number of benzene rings is 1. The van der Waals surface area contributed by atoms with E-state index in [4.69, 9.17) is 15.0 Å². The summed E-state index contributed by atoms with van der Waals surface area (Å²) in [6.45, 7) is 8.90. The SMILES string of the molecule is CCCC1=Cc2nc1cc1[nH]c(cc1CCC)c1cc(CCC)c(cnc3ccccc3ncc3[nH]c2cc3CCC)[nH]1. The molecule has 6 rings (SSSR count). The van der Waals surface area contributed by atoms with Crippen LogP contribution in [0.3, 0.4) is 0 Å². The molecule has 0 saturated heterocycles. The van der Waals surface area contributed by atoms with E-state index in [1.165, 1.54) is 22.3 Å². The molecule has 5 aromatic rings. The van der Waals surface area contributed by atoms with Gasteiger partial charge in [-0.1, -0.05) is 65.5 Å². The summed E-state index contributed by atoms with van der Waals surface area (Å²) in [7, 11) is 0. The molecule has 220 valence electrons. The highest BCUT2D eigenvalue weighted by Crippen LogP contribution is 2.30. The smallest absolute Gasteiger partial charge is 0.0887 e. The number of aromatic nitrogens is 6. The first-order valence-corrected chi connectivity index (χ1v) is 15.9. The molecule has 1 aliphatic rings. The molecular weight excluding hydrogens is 528 g/mol. The molecule has 0 saturated carbocycles. The van der Waals surface area contributed by atoms with Gasteiger partial charge in [0.2, 0.25) is 0 Å². The van der Waals surface area contributed by atoms with Gasteiger partial charge in [-0.3, -0.25) is 9.97 Å². The maximum atomic E-state index is 5.20. The topological polar surface area (TPSA) is 86.0 Å². The summed E-state index contributed by atoms with van der Waals surface area (Å²) in [6, 6.07) is 17.2. The lowest BCUT2D eigenvalue weighted by atomic mass is 10.1. The Labute approximate surface area is 253 Å². The summed E-state index contributed by atoms with van der Waals surface area (Å²) in [4.78, 5) is 26.1. The Morgan fingerprint density at radius 3 is 1.58 bits per heavy atom. The van der Waals surface area contributed by atoms with Crippen molar-refractivity contribution in [1.82, 2.24) is 29.9 Å². The zero-order chi connectivity index (χ0) is 29.8. The van der Waals surface area contributed by atoms with Crippen molar-refractivity contribution in [1.29, 1.82) is 0 Å². The average Bonchev–Trinajstić information content (AvgIpc) is 3.79. The molecule has 0 amide bonds. The zero-order valence-electron chi connectivity index (χ0n) is 25.8. The van der Waals surface area contributed by atoms with E-state index < -0.39 is 0 Å². The quantitative estimate of drug-likeness (QED) is 0.173. The third-order valence-electron chi connectivity index (χ3n) is 8.15. The number of nitrogens with one attached hydrogen (secondary N) is 3. The summed E-state index contributed by atoms with van der Waals surface area (Å²) in [6.07, 6.45) is 14.4. The van der Waals surface area contributed by atoms with Gasteiger partial charge in [-0.05, 0) is 90.4 Å². The molecule has 43 heavy (non-hydrogen) atoms. The summed E-state index contributed by atoms with van der Waals surface area (Å²) in [5.74, 6) is 0. The van der Waals surface area contributed by atoms with E-state index in [1.54, 1.807) is 0 Å². The second-order valence-electron chi connectivity index (χ2n) is 11.6. The van der Waals surface area contributed by atoms with Gasteiger partial charge in [0.05, 0.1) is 62.4 Å². The maximum absolute atomic E-state index is 5.20. The molecule has 0 radical (unpaired) electrons. The molecule has 0 spiro atoms. The van der Waals surface area contributed by atoms with Crippen LogP contribution in [0.25, 0.3) is 55.8 Å². The van der Waals surface area contributed by atoms with Crippen molar-refractivity contribution in [3.05, 3.63) is 89.0 Å². The van der Waals surface area contributed by atoms with Crippen molar-refractivity contribution in [2.75, 3.05) is 0 Å². The van der Waals surface area contributed by atoms with Gasteiger partial charge < -0.3 is 15.0 Å². The average molecular weight is 571 g/mol. The highest BCUT2D eigenvalue weighted by Gasteiger charge is 2.14. The normalized spacial score (nSPS) is 12.1. The number of hydrogen-bond acceptors (Lipinski definition) is 3. The van der Waals surface area contributed by atoms with Crippen molar-refractivity contribution in [3.63, 3.8) is 0 Å². The summed E-state index contributed by atoms with van der Waals surface area (Å²) in [5, 5.41) is 0. The van der Waals surface area contributed by atoms with Gasteiger partial charge in [-0.2, -0.15) is 0 Å². The Bertz CT molecular complexity index is 1990. The predicted molar refractivity (Wildman–Crippen MR) is 182 cm³/mol. The summed E-state index contributed by atoms with van der Waals surface area (Å²) < 4.78 is 0. The molecule has 0 unspecified atom stereocenters. The zero-order valence-corrected chi connectivity index (χ0v) is 25.8. The first-order valence-electron chi connectivity index (χ1n) is 15.9. The maximum Gasteiger partial charge on any atom is 0.0887 e. The lowest BCUT2D eigenvalue weighted by Crippen LogP contribution is -1.84. The van der Waals surface area contributed by atoms with Crippen LogP contribution < -0.4 is 0 Å². The van der Waals surface area contributed by atoms with Gasteiger partial charge in [0, 0.05) is 5.52 Å². The summed E-state index contributed by atoms with van der Waals surface area (Å²) in [5.41, 5.74) is 15.2. The first kappa shape index (κ1) is 28.7. The van der Waals surface area contributed by atoms with Gasteiger partial charge in [-0.15, -0.1) is 0 Å². The molecule has 1 aliphatic heterocycles. The number of rotatable bonds is 8. The van der Waals surface area contributed by atoms with Gasteiger partial charge in [0.1, 0.15) is 0 Å². The Kier molecular flexibility index (Phi) is 8.55. The van der Waals surface area contributed by atoms with E-state index in [0.717, 1.165) is 107 Å². The van der Waals surface area contributed by atoms with Crippen LogP contribution in [0.15, 0.2) is 60.9 Å². The molecule has 5 heterocycles. The lowest BCUT2D eigenvalue weighted by molar-refractivity contribution is 0.930. The second kappa shape index (κ2) is 12.8. The molecular formula is C37H42N6. The first-order chi connectivity index (χ1) is 21.1. The highest BCUT2D eigenvalue weighted by atomic mass is 14.8. The van der Waals surface area contributed by atoms with Crippen molar-refractivity contribution in [2.45, 2.75) is 79.1 Å². The number of nitrogens with zero attached hydrogens (tertiary/aromatic N) is 3. The molecule has 4 aromatic heterocycles. The molecule has 8 bridgehead atoms. The van der Waals surface area contributed by atoms with Crippen LogP contribution in [-0.4, -0.2) is 29.9 Å². The van der Waals surface area contributed by atoms with Crippen LogP contribution in [0.2, 0.25) is 0 Å². The van der Waals surface area contributed by atoms with Crippen LogP contribution in [0, 0.1) is 0 Å². The van der Waals surface area contributed by atoms with E-state index in [0.29, 0.717) is 0 Å². The Hall–Kier alpha value is -4.45. The number of hydrogen-bond donors (Lipinski definition) is 3. The van der Waals surface area contributed by atoms with Crippen LogP contribution in [-0.2, 0) is 19.3 Å². The number of aromatic amines is 3. The minimum atomic E-state index is 0.839. The number of para-hydroxylation sites is 2. The van der Waals surface area contributed by atoms with Crippen molar-refractivity contribution < 1.29 is 0 Å². The lowest BCUT2D eigenvalue weighted by Gasteiger charge is -1.99. The number of allylic oxidation sites excluding steroid dienone is 1. The van der Waals surface area contributed by atoms with Crippen LogP contribution in [0.1, 0.15) is 87.9 Å². The van der Waals surface area contributed by atoms with Gasteiger partial charge in [-0.25, -0.2) is 4.98 Å². The minimum absolute atomic E-state index is 0.839. The fourth-order valence-electron chi connectivity index (χ4n) is 6.05. The molecule has 6 nitrogen and oxygen atoms in total. The van der Waals surface area contributed by atoms with E-state index in [1.807, 2.05) is 36.7 Å². The van der Waals surface area contributed by atoms with Crippen LogP contribution in [0.4, 0.5) is 0 Å². The second-order valence-corrected chi connectivity index (χ2v) is 11.6. The van der Waals surface area contributed by atoms with Crippen molar-refractivity contribution in [3.8, 4) is 0 Å². The van der Waals surface area contributed by atoms with Gasteiger partial charge in [0.25, 0.3) is 0 Å². The van der Waals surface area contributed by atoms with E-state index in [2.05, 4.69) is 73.0 Å². The fraction of sp³-hybridized carbons (Fsp3) is 0.324. The monoisotopic (exact) mass is 570 g/mol. The predicted octanol–water partition coefficient (Wildman–Crippen LogP) is 9.79. The molecule has 0 fully saturated rings. The molecule has 0 aliphatic carbocycles. The van der Waals surface area contributed by atoms with Crippen molar-refractivity contribution >= 4 is 55.8 Å². The Balaban J connectivity index is 1.74. The number of H-pyrrole nitrogens is 3.